The van der Waals surface area contributed by atoms with Gasteiger partial charge in [-0.3, -0.25) is 4.90 Å². The summed E-state index contributed by atoms with van der Waals surface area (Å²) in [5, 5.41) is 34.4. The Morgan fingerprint density at radius 3 is 2.47 bits per heavy atom. The van der Waals surface area contributed by atoms with Crippen molar-refractivity contribution in [1.29, 1.82) is 0 Å². The van der Waals surface area contributed by atoms with Crippen molar-refractivity contribution in [3.63, 3.8) is 0 Å². The lowest BCUT2D eigenvalue weighted by Gasteiger charge is -2.59. The van der Waals surface area contributed by atoms with Gasteiger partial charge in [-0.05, 0) is 111 Å². The number of thioether (sulfide) groups is 1. The van der Waals surface area contributed by atoms with E-state index >= 15 is 0 Å². The lowest BCUT2D eigenvalue weighted by molar-refractivity contribution is -0.256. The number of hydrogen-bond acceptors (Lipinski definition) is 13. The molecule has 1 amide bonds. The fourth-order valence-electron chi connectivity index (χ4n) is 9.42. The molecule has 2 fully saturated rings. The Hall–Kier alpha value is -3.89. The Morgan fingerprint density at radius 2 is 1.76 bits per heavy atom. The summed E-state index contributed by atoms with van der Waals surface area (Å²) < 4.78 is 38.6. The molecule has 0 spiro atoms. The van der Waals surface area contributed by atoms with Crippen LogP contribution in [0.5, 0.6) is 17.2 Å². The highest BCUT2D eigenvalue weighted by atomic mass is 32.2. The topological polar surface area (TPSA) is 158 Å². The standard InChI is InChI=1S/C48H66N2O11S/c1-4-6-27-57-47(54)50(22-29-55-30-25-53)43-33-41(49-61-44-15-9-12-28-56-44)39-31-34(13-7-10-23-51)38(14-8-11-24-52)45-40-32-36(59-35-16-19-37(62-3)20-17-35)18-21-42(40)60-48(43,46(39)45)58-26-5-2/h4-5,16-21,31-32,34,38,43-46,51-53H,1-2,6-15,22-30,33H2,3H3. The highest BCUT2D eigenvalue weighted by Gasteiger charge is 2.65. The van der Waals surface area contributed by atoms with Crippen LogP contribution in [-0.4, -0.2) is 116 Å². The van der Waals surface area contributed by atoms with E-state index in [9.17, 15) is 20.1 Å². The van der Waals surface area contributed by atoms with Gasteiger partial charge in [-0.15, -0.1) is 24.9 Å². The zero-order valence-electron chi connectivity index (χ0n) is 36.2. The zero-order chi connectivity index (χ0) is 43.7. The summed E-state index contributed by atoms with van der Waals surface area (Å²) in [7, 11) is 0. The molecule has 62 heavy (non-hydrogen) atoms. The first-order chi connectivity index (χ1) is 30.4. The molecule has 2 aliphatic heterocycles. The zero-order valence-corrected chi connectivity index (χ0v) is 37.0. The minimum atomic E-state index is -1.48. The van der Waals surface area contributed by atoms with Crippen molar-refractivity contribution in [1.82, 2.24) is 4.90 Å². The van der Waals surface area contributed by atoms with Crippen LogP contribution in [0.25, 0.3) is 0 Å². The molecule has 0 aromatic heterocycles. The number of allylic oxidation sites excluding steroid dienone is 1. The second kappa shape index (κ2) is 24.2. The van der Waals surface area contributed by atoms with E-state index < -0.39 is 30.1 Å². The first-order valence-corrected chi connectivity index (χ1v) is 23.5. The number of carbonyl (C=O) groups excluding carboxylic acids is 1. The average molecular weight is 879 g/mol. The van der Waals surface area contributed by atoms with E-state index in [4.69, 9.17) is 38.4 Å². The molecule has 1 saturated carbocycles. The van der Waals surface area contributed by atoms with Crippen LogP contribution in [0.15, 0.2) is 89.5 Å². The number of fused-ring (bicyclic) bond motifs is 2. The first-order valence-electron chi connectivity index (χ1n) is 22.3. The molecule has 0 radical (unpaired) electrons. The van der Waals surface area contributed by atoms with Crippen molar-refractivity contribution in [3.8, 4) is 17.2 Å². The monoisotopic (exact) mass is 878 g/mol. The summed E-state index contributed by atoms with van der Waals surface area (Å²) in [6, 6.07) is 13.1. The molecular weight excluding hydrogens is 813 g/mol. The molecule has 2 aromatic carbocycles. The third-order valence-corrected chi connectivity index (χ3v) is 13.0. The van der Waals surface area contributed by atoms with Crippen LogP contribution < -0.4 is 9.47 Å². The summed E-state index contributed by atoms with van der Waals surface area (Å²) in [4.78, 5) is 23.4. The van der Waals surface area contributed by atoms with Gasteiger partial charge in [0.25, 0.3) is 0 Å². The molecule has 2 aromatic rings. The van der Waals surface area contributed by atoms with Crippen molar-refractivity contribution in [2.24, 2.45) is 22.9 Å². The lowest BCUT2D eigenvalue weighted by Crippen LogP contribution is -2.70. The predicted molar refractivity (Wildman–Crippen MR) is 239 cm³/mol. The van der Waals surface area contributed by atoms with Gasteiger partial charge in [0.15, 0.2) is 0 Å². The summed E-state index contributed by atoms with van der Waals surface area (Å²) in [5.41, 5.74) is 2.52. The maximum Gasteiger partial charge on any atom is 0.410 e. The average Bonchev–Trinajstić information content (AvgIpc) is 3.29. The van der Waals surface area contributed by atoms with Crippen LogP contribution in [-0.2, 0) is 23.8 Å². The second-order valence-electron chi connectivity index (χ2n) is 16.2. The molecule has 2 heterocycles. The largest absolute Gasteiger partial charge is 0.459 e. The molecule has 7 atom stereocenters. The van der Waals surface area contributed by atoms with E-state index in [2.05, 4.69) is 25.3 Å². The van der Waals surface area contributed by atoms with Gasteiger partial charge in [0.1, 0.15) is 23.3 Å². The number of aliphatic hydroxyl groups excluding tert-OH is 3. The van der Waals surface area contributed by atoms with Gasteiger partial charge < -0.3 is 48.6 Å². The van der Waals surface area contributed by atoms with Gasteiger partial charge in [0, 0.05) is 49.0 Å². The summed E-state index contributed by atoms with van der Waals surface area (Å²) in [6.07, 6.45) is 14.5. The Morgan fingerprint density at radius 1 is 0.968 bits per heavy atom. The number of carbonyl (C=O) groups is 1. The molecule has 1 saturated heterocycles. The number of hydrogen-bond donors (Lipinski definition) is 3. The summed E-state index contributed by atoms with van der Waals surface area (Å²) in [5.74, 6) is -0.188. The van der Waals surface area contributed by atoms with Crippen LogP contribution >= 0.6 is 11.8 Å². The van der Waals surface area contributed by atoms with Crippen LogP contribution in [0, 0.1) is 17.8 Å². The molecule has 14 heteroatoms. The number of nitrogens with zero attached hydrogens (tertiary/aromatic N) is 2. The Bertz CT molecular complexity index is 1800. The van der Waals surface area contributed by atoms with E-state index in [1.54, 1.807) is 28.8 Å². The third-order valence-electron chi connectivity index (χ3n) is 12.2. The van der Waals surface area contributed by atoms with Gasteiger partial charge in [0.05, 0.1) is 51.3 Å². The predicted octanol–water partition coefficient (Wildman–Crippen LogP) is 8.38. The van der Waals surface area contributed by atoms with E-state index in [-0.39, 0.29) is 77.0 Å². The highest BCUT2D eigenvalue weighted by molar-refractivity contribution is 7.98. The van der Waals surface area contributed by atoms with Gasteiger partial charge in [-0.2, -0.15) is 0 Å². The number of aliphatic hydroxyl groups is 3. The summed E-state index contributed by atoms with van der Waals surface area (Å²) >= 11 is 1.67. The molecule has 6 rings (SSSR count). The Labute approximate surface area is 371 Å². The van der Waals surface area contributed by atoms with E-state index in [1.165, 1.54) is 0 Å². The Balaban J connectivity index is 1.56. The highest BCUT2D eigenvalue weighted by Crippen LogP contribution is 2.62. The lowest BCUT2D eigenvalue weighted by atomic mass is 9.55. The fourth-order valence-corrected chi connectivity index (χ4v) is 9.83. The van der Waals surface area contributed by atoms with Crippen molar-refractivity contribution in [3.05, 3.63) is 85.0 Å². The van der Waals surface area contributed by atoms with E-state index in [0.29, 0.717) is 55.3 Å². The molecule has 2 aliphatic carbocycles. The minimum Gasteiger partial charge on any atom is -0.459 e. The van der Waals surface area contributed by atoms with Crippen LogP contribution in [0.3, 0.4) is 0 Å². The van der Waals surface area contributed by atoms with E-state index in [1.807, 2.05) is 42.7 Å². The van der Waals surface area contributed by atoms with Gasteiger partial charge >= 0.3 is 6.09 Å². The number of oxime groups is 1. The normalized spacial score (nSPS) is 25.7. The molecule has 340 valence electrons. The van der Waals surface area contributed by atoms with Crippen LogP contribution in [0.4, 0.5) is 4.79 Å². The maximum atomic E-state index is 14.4. The molecule has 0 bridgehead atoms. The molecule has 3 N–H and O–H groups in total. The maximum absolute atomic E-state index is 14.4. The second-order valence-corrected chi connectivity index (χ2v) is 17.1. The number of ether oxygens (including phenoxy) is 6. The van der Waals surface area contributed by atoms with Crippen molar-refractivity contribution in [2.45, 2.75) is 99.6 Å². The fraction of sp³-hybridized carbons (Fsp3) is 0.583. The van der Waals surface area contributed by atoms with Gasteiger partial charge in [0.2, 0.25) is 12.1 Å². The quantitative estimate of drug-likeness (QED) is 0.0379. The van der Waals surface area contributed by atoms with Crippen molar-refractivity contribution in [2.75, 3.05) is 65.7 Å². The van der Waals surface area contributed by atoms with Gasteiger partial charge in [-0.1, -0.05) is 36.2 Å². The van der Waals surface area contributed by atoms with E-state index in [0.717, 1.165) is 54.6 Å². The van der Waals surface area contributed by atoms with Crippen molar-refractivity contribution >= 4 is 23.6 Å². The minimum absolute atomic E-state index is 0.0305. The molecule has 13 nitrogen and oxygen atoms in total. The van der Waals surface area contributed by atoms with Crippen molar-refractivity contribution < 1.29 is 53.4 Å². The SMILES string of the molecule is C=CCCOC(=O)N(CCOCCO)C1CC(=NOC2CCCCO2)C2=CC(CCCCO)C(CCCCO)C3c4cc(Oc5ccc(SC)cc5)ccc4OC1(OCC=C)C23. The number of amides is 1. The number of benzene rings is 2. The smallest absolute Gasteiger partial charge is 0.410 e. The first kappa shape index (κ1) is 47.6. The van der Waals surface area contributed by atoms with Crippen LogP contribution in [0.1, 0.15) is 82.1 Å². The van der Waals surface area contributed by atoms with Gasteiger partial charge in [-0.25, -0.2) is 4.79 Å². The molecular formula is C48H66N2O11S. The third kappa shape index (κ3) is 11.6. The Kier molecular flexibility index (Phi) is 18.6. The number of unbranched alkanes of at least 4 members (excludes halogenated alkanes) is 2. The molecule has 7 unspecified atom stereocenters. The molecule has 4 aliphatic rings. The van der Waals surface area contributed by atoms with Crippen LogP contribution in [0.2, 0.25) is 0 Å². The summed E-state index contributed by atoms with van der Waals surface area (Å²) in [6.45, 7) is 8.99. The number of rotatable bonds is 25.